The molecule has 2 rings (SSSR count). The van der Waals surface area contributed by atoms with Gasteiger partial charge in [-0.25, -0.2) is 0 Å². The van der Waals surface area contributed by atoms with Crippen LogP contribution in [0, 0.1) is 0 Å². The van der Waals surface area contributed by atoms with Gasteiger partial charge >= 0.3 is 0 Å². The summed E-state index contributed by atoms with van der Waals surface area (Å²) in [5.41, 5.74) is 0. The third kappa shape index (κ3) is 0.441. The Kier molecular flexibility index (Phi) is 0.707. The van der Waals surface area contributed by atoms with Crippen molar-refractivity contribution < 1.29 is 0 Å². The summed E-state index contributed by atoms with van der Waals surface area (Å²) in [6.45, 7) is 2.55. The third-order valence-corrected chi connectivity index (χ3v) is 3.37. The van der Waals surface area contributed by atoms with Gasteiger partial charge in [-0.1, -0.05) is 0 Å². The Morgan fingerprint density at radius 1 is 1.43 bits per heavy atom. The van der Waals surface area contributed by atoms with E-state index in [0.29, 0.717) is 0 Å². The molecule has 2 heteroatoms. The molecule has 0 aromatic carbocycles. The van der Waals surface area contributed by atoms with Crippen molar-refractivity contribution in [3.05, 3.63) is 0 Å². The quantitative estimate of drug-likeness (QED) is 0.492. The zero-order valence-corrected chi connectivity index (χ0v) is 5.05. The highest BCUT2D eigenvalue weighted by molar-refractivity contribution is 8.02. The van der Waals surface area contributed by atoms with Gasteiger partial charge in [0.25, 0.3) is 0 Å². The van der Waals surface area contributed by atoms with Gasteiger partial charge in [0.15, 0.2) is 0 Å². The number of hydrogen-bond donors (Lipinski definition) is 1. The van der Waals surface area contributed by atoms with Gasteiger partial charge in [-0.15, -0.1) is 0 Å². The number of thioether (sulfide) groups is 1. The molecule has 40 valence electrons. The standard InChI is InChI=1S/C5H9NS/c1-2-7-5(1)3-6-4-5/h6H,1-4H2. The van der Waals surface area contributed by atoms with Crippen molar-refractivity contribution in [2.75, 3.05) is 18.8 Å². The van der Waals surface area contributed by atoms with E-state index in [-0.39, 0.29) is 0 Å². The minimum atomic E-state index is 0.750. The van der Waals surface area contributed by atoms with E-state index in [1.807, 2.05) is 0 Å². The molecule has 0 unspecified atom stereocenters. The van der Waals surface area contributed by atoms with Gasteiger partial charge in [-0.05, 0) is 12.2 Å². The monoisotopic (exact) mass is 115 g/mol. The second-order valence-electron chi connectivity index (χ2n) is 2.39. The van der Waals surface area contributed by atoms with Gasteiger partial charge in [-0.2, -0.15) is 11.8 Å². The molecule has 0 amide bonds. The molecule has 7 heavy (non-hydrogen) atoms. The number of rotatable bonds is 0. The summed E-state index contributed by atoms with van der Waals surface area (Å²) in [5.74, 6) is 1.40. The van der Waals surface area contributed by atoms with Crippen molar-refractivity contribution in [2.24, 2.45) is 0 Å². The predicted octanol–water partition coefficient (Wildman–Crippen LogP) is 0.465. The summed E-state index contributed by atoms with van der Waals surface area (Å²) < 4.78 is 0.750. The summed E-state index contributed by atoms with van der Waals surface area (Å²) >= 11 is 2.13. The average Bonchev–Trinajstić information content (AvgIpc) is 1.20. The zero-order chi connectivity index (χ0) is 4.74. The van der Waals surface area contributed by atoms with Gasteiger partial charge in [0, 0.05) is 17.8 Å². The summed E-state index contributed by atoms with van der Waals surface area (Å²) in [7, 11) is 0. The molecule has 0 saturated carbocycles. The van der Waals surface area contributed by atoms with Gasteiger partial charge in [-0.3, -0.25) is 0 Å². The van der Waals surface area contributed by atoms with Crippen molar-refractivity contribution in [3.8, 4) is 0 Å². The van der Waals surface area contributed by atoms with Crippen LogP contribution in [-0.2, 0) is 0 Å². The molecular formula is C5H9NS. The largest absolute Gasteiger partial charge is 0.314 e. The van der Waals surface area contributed by atoms with Crippen molar-refractivity contribution in [1.29, 1.82) is 0 Å². The molecule has 1 N–H and O–H groups in total. The Morgan fingerprint density at radius 3 is 2.14 bits per heavy atom. The molecule has 2 aliphatic heterocycles. The van der Waals surface area contributed by atoms with Crippen LogP contribution in [0.4, 0.5) is 0 Å². The van der Waals surface area contributed by atoms with Crippen molar-refractivity contribution in [1.82, 2.24) is 5.32 Å². The van der Waals surface area contributed by atoms with E-state index in [9.17, 15) is 0 Å². The van der Waals surface area contributed by atoms with Crippen LogP contribution in [-0.4, -0.2) is 23.6 Å². The highest BCUT2D eigenvalue weighted by Crippen LogP contribution is 2.43. The van der Waals surface area contributed by atoms with Crippen LogP contribution in [0.15, 0.2) is 0 Å². The van der Waals surface area contributed by atoms with Crippen molar-refractivity contribution >= 4 is 11.8 Å². The summed E-state index contributed by atoms with van der Waals surface area (Å²) in [6.07, 6.45) is 1.46. The van der Waals surface area contributed by atoms with Crippen molar-refractivity contribution in [3.63, 3.8) is 0 Å². The first-order valence-electron chi connectivity index (χ1n) is 2.76. The molecule has 1 nitrogen and oxygen atoms in total. The Bertz CT molecular complexity index is 68.6. The highest BCUT2D eigenvalue weighted by atomic mass is 32.2. The van der Waals surface area contributed by atoms with Crippen LogP contribution >= 0.6 is 11.8 Å². The van der Waals surface area contributed by atoms with Crippen LogP contribution in [0.1, 0.15) is 6.42 Å². The summed E-state index contributed by atoms with van der Waals surface area (Å²) in [5, 5.41) is 3.28. The maximum Gasteiger partial charge on any atom is 0.0416 e. The SMILES string of the molecule is C1CC2(CNC2)S1. The molecule has 2 aliphatic rings. The Hall–Kier alpha value is 0.310. The first-order chi connectivity index (χ1) is 3.41. The van der Waals surface area contributed by atoms with E-state index < -0.39 is 0 Å². The molecule has 0 radical (unpaired) electrons. The second kappa shape index (κ2) is 1.17. The lowest BCUT2D eigenvalue weighted by molar-refractivity contribution is 0.364. The van der Waals surface area contributed by atoms with E-state index in [0.717, 1.165) is 4.75 Å². The zero-order valence-electron chi connectivity index (χ0n) is 4.24. The minimum Gasteiger partial charge on any atom is -0.314 e. The molecular weight excluding hydrogens is 106 g/mol. The fourth-order valence-electron chi connectivity index (χ4n) is 1.07. The second-order valence-corrected chi connectivity index (χ2v) is 3.95. The Labute approximate surface area is 47.9 Å². The smallest absolute Gasteiger partial charge is 0.0416 e. The van der Waals surface area contributed by atoms with E-state index in [2.05, 4.69) is 17.1 Å². The van der Waals surface area contributed by atoms with Gasteiger partial charge in [0.05, 0.1) is 0 Å². The van der Waals surface area contributed by atoms with Gasteiger partial charge in [0.2, 0.25) is 0 Å². The molecule has 0 bridgehead atoms. The predicted molar refractivity (Wildman–Crippen MR) is 32.7 cm³/mol. The molecule has 2 saturated heterocycles. The minimum absolute atomic E-state index is 0.750. The topological polar surface area (TPSA) is 12.0 Å². The van der Waals surface area contributed by atoms with Crippen LogP contribution in [0.3, 0.4) is 0 Å². The lowest BCUT2D eigenvalue weighted by atomic mass is 9.98. The van der Waals surface area contributed by atoms with Crippen LogP contribution < -0.4 is 5.32 Å². The molecule has 0 aromatic heterocycles. The van der Waals surface area contributed by atoms with E-state index in [4.69, 9.17) is 0 Å². The molecule has 1 spiro atoms. The fourth-order valence-corrected chi connectivity index (χ4v) is 2.26. The molecule has 0 aromatic rings. The molecule has 2 fully saturated rings. The lowest BCUT2D eigenvalue weighted by Crippen LogP contribution is -2.61. The van der Waals surface area contributed by atoms with E-state index in [1.165, 1.54) is 25.3 Å². The fraction of sp³-hybridized carbons (Fsp3) is 1.00. The molecule has 0 aliphatic carbocycles. The summed E-state index contributed by atoms with van der Waals surface area (Å²) in [4.78, 5) is 0. The highest BCUT2D eigenvalue weighted by Gasteiger charge is 2.42. The van der Waals surface area contributed by atoms with E-state index in [1.54, 1.807) is 0 Å². The maximum atomic E-state index is 3.28. The van der Waals surface area contributed by atoms with E-state index >= 15 is 0 Å². The normalized spacial score (nSPS) is 34.3. The average molecular weight is 115 g/mol. The van der Waals surface area contributed by atoms with Crippen molar-refractivity contribution in [2.45, 2.75) is 11.2 Å². The number of hydrogen-bond acceptors (Lipinski definition) is 2. The third-order valence-electron chi connectivity index (χ3n) is 1.86. The maximum absolute atomic E-state index is 3.28. The lowest BCUT2D eigenvalue weighted by Gasteiger charge is -2.48. The van der Waals surface area contributed by atoms with Crippen LogP contribution in [0.25, 0.3) is 0 Å². The first kappa shape index (κ1) is 4.21. The van der Waals surface area contributed by atoms with Crippen LogP contribution in [0.2, 0.25) is 0 Å². The van der Waals surface area contributed by atoms with Crippen LogP contribution in [0.5, 0.6) is 0 Å². The van der Waals surface area contributed by atoms with Gasteiger partial charge in [0.1, 0.15) is 0 Å². The summed E-state index contributed by atoms with van der Waals surface area (Å²) in [6, 6.07) is 0. The molecule has 2 heterocycles. The Morgan fingerprint density at radius 2 is 2.14 bits per heavy atom. The molecule has 0 atom stereocenters. The van der Waals surface area contributed by atoms with Gasteiger partial charge < -0.3 is 5.32 Å². The number of nitrogens with one attached hydrogen (secondary N) is 1. The Balaban J connectivity index is 2.00. The first-order valence-corrected chi connectivity index (χ1v) is 3.75.